The Balaban J connectivity index is 1.65. The summed E-state index contributed by atoms with van der Waals surface area (Å²) in [5.41, 5.74) is 4.06. The highest BCUT2D eigenvalue weighted by molar-refractivity contribution is 5.78. The average molecular weight is 495 g/mol. The van der Waals surface area contributed by atoms with E-state index in [1.54, 1.807) is 0 Å². The third-order valence-corrected chi connectivity index (χ3v) is 7.68. The first-order chi connectivity index (χ1) is 17.3. The molecule has 1 unspecified atom stereocenters. The minimum absolute atomic E-state index is 0.0804. The fourth-order valence-corrected chi connectivity index (χ4v) is 5.28. The van der Waals surface area contributed by atoms with Gasteiger partial charge in [0.05, 0.1) is 11.6 Å². The predicted octanol–water partition coefficient (Wildman–Crippen LogP) is 3.97. The summed E-state index contributed by atoms with van der Waals surface area (Å²) in [5.74, 6) is 0.154. The predicted molar refractivity (Wildman–Crippen MR) is 148 cm³/mol. The van der Waals surface area contributed by atoms with Crippen molar-refractivity contribution in [1.82, 2.24) is 10.2 Å². The van der Waals surface area contributed by atoms with Crippen molar-refractivity contribution in [3.63, 3.8) is 0 Å². The molecule has 3 rings (SSSR count). The molecule has 2 fully saturated rings. The number of likely N-dealkylation sites (N-methyl/N-ethyl adjacent to an activating group) is 1. The molecule has 1 atom stereocenters. The van der Waals surface area contributed by atoms with Gasteiger partial charge >= 0.3 is 0 Å². The lowest BCUT2D eigenvalue weighted by molar-refractivity contribution is -0.112. The number of hydrogen-bond donors (Lipinski definition) is 3. The molecule has 0 aromatic heterocycles. The van der Waals surface area contributed by atoms with Crippen molar-refractivity contribution in [2.45, 2.75) is 56.6 Å². The maximum atomic E-state index is 11.4. The second kappa shape index (κ2) is 12.8. The van der Waals surface area contributed by atoms with Gasteiger partial charge in [-0.25, -0.2) is 0 Å². The van der Waals surface area contributed by atoms with Crippen LogP contribution in [0.2, 0.25) is 0 Å². The number of likely N-dealkylation sites (tertiary alicyclic amines) is 1. The van der Waals surface area contributed by atoms with Crippen LogP contribution in [0.25, 0.3) is 6.08 Å². The van der Waals surface area contributed by atoms with Crippen molar-refractivity contribution in [1.29, 1.82) is 0 Å². The van der Waals surface area contributed by atoms with Crippen LogP contribution >= 0.6 is 0 Å². The first kappa shape index (κ1) is 27.5. The number of nitrogens with one attached hydrogen (secondary N) is 2. The van der Waals surface area contributed by atoms with E-state index >= 15 is 0 Å². The van der Waals surface area contributed by atoms with Crippen molar-refractivity contribution >= 4 is 30.0 Å². The Morgan fingerprint density at radius 1 is 1.19 bits per heavy atom. The van der Waals surface area contributed by atoms with Gasteiger partial charge in [0.2, 0.25) is 0 Å². The van der Waals surface area contributed by atoms with Gasteiger partial charge in [0, 0.05) is 80.3 Å². The minimum atomic E-state index is -0.774. The number of aldehydes is 2. The van der Waals surface area contributed by atoms with E-state index in [0.29, 0.717) is 32.1 Å². The molecule has 2 saturated heterocycles. The fraction of sp³-hybridized carbons (Fsp3) is 0.517. The summed E-state index contributed by atoms with van der Waals surface area (Å²) in [6.45, 7) is 15.6. The van der Waals surface area contributed by atoms with Crippen molar-refractivity contribution in [3.8, 4) is 0 Å². The van der Waals surface area contributed by atoms with E-state index in [4.69, 9.17) is 0 Å². The molecule has 0 bridgehead atoms. The third kappa shape index (κ3) is 6.78. The summed E-state index contributed by atoms with van der Waals surface area (Å²) >= 11 is 0. The maximum absolute atomic E-state index is 11.4. The van der Waals surface area contributed by atoms with Crippen molar-refractivity contribution in [2.24, 2.45) is 5.92 Å². The van der Waals surface area contributed by atoms with Gasteiger partial charge in [0.15, 0.2) is 0 Å². The van der Waals surface area contributed by atoms with E-state index in [0.717, 1.165) is 79.9 Å². The van der Waals surface area contributed by atoms with E-state index in [1.807, 2.05) is 25.3 Å². The Labute approximate surface area is 215 Å². The van der Waals surface area contributed by atoms with Crippen LogP contribution in [0.1, 0.15) is 50.5 Å². The second-order valence-electron chi connectivity index (χ2n) is 10.1. The third-order valence-electron chi connectivity index (χ3n) is 7.68. The topological polar surface area (TPSA) is 84.9 Å². The van der Waals surface area contributed by atoms with Crippen LogP contribution in [0, 0.1) is 5.92 Å². The fourth-order valence-electron chi connectivity index (χ4n) is 5.28. The van der Waals surface area contributed by atoms with E-state index in [2.05, 4.69) is 46.2 Å². The highest BCUT2D eigenvalue weighted by Gasteiger charge is 2.35. The second-order valence-corrected chi connectivity index (χ2v) is 10.1. The van der Waals surface area contributed by atoms with Gasteiger partial charge in [-0.3, -0.25) is 0 Å². The number of aliphatic hydroxyl groups is 1. The summed E-state index contributed by atoms with van der Waals surface area (Å²) in [7, 11) is 1.83. The number of carbonyl (C=O) groups excluding carboxylic acids is 2. The van der Waals surface area contributed by atoms with E-state index in [-0.39, 0.29) is 12.0 Å². The highest BCUT2D eigenvalue weighted by atomic mass is 16.3. The molecule has 0 saturated carbocycles. The Bertz CT molecular complexity index is 944. The monoisotopic (exact) mass is 494 g/mol. The number of piperidine rings is 2. The molecule has 2 aliphatic rings. The summed E-state index contributed by atoms with van der Waals surface area (Å²) in [4.78, 5) is 26.5. The normalized spacial score (nSPS) is 18.7. The quantitative estimate of drug-likeness (QED) is 0.358. The number of hydrogen-bond acceptors (Lipinski definition) is 7. The SMILES string of the molecule is C=Cc1c(NC(CCC=O)C(=C)NC)cccc1N1CCC(O)(CC(=C)N2CCC(C=O)CC2)CC1. The van der Waals surface area contributed by atoms with Gasteiger partial charge in [0.1, 0.15) is 12.6 Å². The van der Waals surface area contributed by atoms with Crippen LogP contribution < -0.4 is 15.5 Å². The average Bonchev–Trinajstić information content (AvgIpc) is 2.90. The molecule has 1 aromatic carbocycles. The lowest BCUT2D eigenvalue weighted by Crippen LogP contribution is -2.46. The van der Waals surface area contributed by atoms with Crippen molar-refractivity contribution in [2.75, 3.05) is 43.4 Å². The standard InChI is InChI=1S/C29H42N4O3/c1-5-25-27(31-26(9-7-19-34)23(3)30-4)8-6-10-28(25)33-17-13-29(36,14-18-33)20-22(2)32-15-11-24(21-35)12-16-32/h5-6,8,10,19,21,24,26,30-31,36H,1-3,7,9,11-18,20H2,4H3. The summed E-state index contributed by atoms with van der Waals surface area (Å²) < 4.78 is 0. The smallest absolute Gasteiger partial charge is 0.123 e. The molecule has 2 heterocycles. The summed E-state index contributed by atoms with van der Waals surface area (Å²) in [6.07, 6.45) is 8.56. The van der Waals surface area contributed by atoms with Crippen LogP contribution in [-0.2, 0) is 9.59 Å². The van der Waals surface area contributed by atoms with Crippen molar-refractivity contribution in [3.05, 3.63) is 54.9 Å². The van der Waals surface area contributed by atoms with Crippen molar-refractivity contribution < 1.29 is 14.7 Å². The molecular weight excluding hydrogens is 452 g/mol. The van der Waals surface area contributed by atoms with Gasteiger partial charge in [-0.2, -0.15) is 0 Å². The van der Waals surface area contributed by atoms with Crippen LogP contribution in [0.5, 0.6) is 0 Å². The van der Waals surface area contributed by atoms with Crippen LogP contribution in [0.3, 0.4) is 0 Å². The highest BCUT2D eigenvalue weighted by Crippen LogP contribution is 2.36. The Hall–Kier alpha value is -3.06. The maximum Gasteiger partial charge on any atom is 0.123 e. The molecule has 1 aromatic rings. The Morgan fingerprint density at radius 2 is 1.89 bits per heavy atom. The minimum Gasteiger partial charge on any atom is -0.390 e. The van der Waals surface area contributed by atoms with E-state index in [9.17, 15) is 14.7 Å². The number of rotatable bonds is 13. The number of carbonyl (C=O) groups is 2. The zero-order chi connectivity index (χ0) is 26.1. The molecule has 0 spiro atoms. The number of benzene rings is 1. The lowest BCUT2D eigenvalue weighted by atomic mass is 9.86. The molecule has 0 radical (unpaired) electrons. The van der Waals surface area contributed by atoms with Gasteiger partial charge in [-0.05, 0) is 44.2 Å². The molecule has 7 heteroatoms. The molecular formula is C29H42N4O3. The Morgan fingerprint density at radius 3 is 2.47 bits per heavy atom. The molecule has 0 aliphatic carbocycles. The van der Waals surface area contributed by atoms with Crippen LogP contribution in [0.4, 0.5) is 11.4 Å². The first-order valence-corrected chi connectivity index (χ1v) is 13.0. The summed E-state index contributed by atoms with van der Waals surface area (Å²) in [6, 6.07) is 6.06. The van der Waals surface area contributed by atoms with Gasteiger partial charge in [0.25, 0.3) is 0 Å². The largest absolute Gasteiger partial charge is 0.390 e. The van der Waals surface area contributed by atoms with Crippen LogP contribution in [-0.4, -0.2) is 67.4 Å². The zero-order valence-electron chi connectivity index (χ0n) is 21.7. The summed E-state index contributed by atoms with van der Waals surface area (Å²) in [5, 5.41) is 18.0. The number of nitrogens with zero attached hydrogens (tertiary/aromatic N) is 2. The number of anilines is 2. The van der Waals surface area contributed by atoms with Gasteiger partial charge in [-0.15, -0.1) is 0 Å². The molecule has 7 nitrogen and oxygen atoms in total. The van der Waals surface area contributed by atoms with E-state index < -0.39 is 5.60 Å². The molecule has 0 amide bonds. The molecule has 36 heavy (non-hydrogen) atoms. The molecule has 2 aliphatic heterocycles. The van der Waals surface area contributed by atoms with Gasteiger partial charge < -0.3 is 35.1 Å². The molecule has 3 N–H and O–H groups in total. The zero-order valence-corrected chi connectivity index (χ0v) is 21.7. The van der Waals surface area contributed by atoms with E-state index in [1.165, 1.54) is 0 Å². The van der Waals surface area contributed by atoms with Crippen LogP contribution in [0.15, 0.2) is 49.3 Å². The Kier molecular flexibility index (Phi) is 9.76. The van der Waals surface area contributed by atoms with Gasteiger partial charge in [-0.1, -0.05) is 31.9 Å². The first-order valence-electron chi connectivity index (χ1n) is 13.0. The molecule has 196 valence electrons. The lowest BCUT2D eigenvalue weighted by Gasteiger charge is -2.42.